The summed E-state index contributed by atoms with van der Waals surface area (Å²) in [5.74, 6) is 0.214. The van der Waals surface area contributed by atoms with Gasteiger partial charge in [-0.3, -0.25) is 14.2 Å². The average molecular weight is 512 g/mol. The minimum atomic E-state index is -3.86. The number of hydrogen-bond acceptors (Lipinski definition) is 7. The van der Waals surface area contributed by atoms with Crippen LogP contribution in [0.5, 0.6) is 0 Å². The molecule has 34 heavy (non-hydrogen) atoms. The predicted octanol–water partition coefficient (Wildman–Crippen LogP) is 2.28. The Labute approximate surface area is 206 Å². The zero-order valence-electron chi connectivity index (χ0n) is 20.8. The summed E-state index contributed by atoms with van der Waals surface area (Å²) in [6, 6.07) is 0. The van der Waals surface area contributed by atoms with Gasteiger partial charge in [0.15, 0.2) is 0 Å². The molecule has 2 atom stereocenters. The first kappa shape index (κ1) is 26.8. The molecule has 0 aromatic carbocycles. The van der Waals surface area contributed by atoms with Crippen LogP contribution >= 0.6 is 11.3 Å². The predicted molar refractivity (Wildman–Crippen MR) is 136 cm³/mol. The molecule has 0 radical (unpaired) electrons. The maximum Gasteiger partial charge on any atom is 0.263 e. The van der Waals surface area contributed by atoms with E-state index in [1.54, 1.807) is 6.92 Å². The fourth-order valence-corrected chi connectivity index (χ4v) is 8.09. The fourth-order valence-electron chi connectivity index (χ4n) is 4.75. The Morgan fingerprint density at radius 1 is 1.24 bits per heavy atom. The van der Waals surface area contributed by atoms with E-state index in [4.69, 9.17) is 0 Å². The number of aryl methyl sites for hydroxylation is 1. The number of thiophene rings is 1. The Morgan fingerprint density at radius 2 is 1.88 bits per heavy atom. The molecule has 2 aromatic rings. The fraction of sp³-hybridized carbons (Fsp3) is 0.696. The van der Waals surface area contributed by atoms with Crippen LogP contribution in [0.15, 0.2) is 16.0 Å². The van der Waals surface area contributed by atoms with Crippen LogP contribution in [-0.4, -0.2) is 72.3 Å². The lowest BCUT2D eigenvalue weighted by atomic mass is 9.94. The van der Waals surface area contributed by atoms with Gasteiger partial charge in [0.05, 0.1) is 11.7 Å². The van der Waals surface area contributed by atoms with Crippen molar-refractivity contribution in [3.8, 4) is 0 Å². The highest BCUT2D eigenvalue weighted by Gasteiger charge is 2.35. The molecule has 1 amide bonds. The highest BCUT2D eigenvalue weighted by molar-refractivity contribution is 7.89. The summed E-state index contributed by atoms with van der Waals surface area (Å²) < 4.78 is 29.9. The molecule has 0 bridgehead atoms. The monoisotopic (exact) mass is 511 g/mol. The van der Waals surface area contributed by atoms with Gasteiger partial charge in [0, 0.05) is 24.5 Å². The zero-order valence-corrected chi connectivity index (χ0v) is 22.5. The number of carbonyl (C=O) groups excluding carboxylic acids is 1. The van der Waals surface area contributed by atoms with Crippen LogP contribution in [0.4, 0.5) is 0 Å². The lowest BCUT2D eigenvalue weighted by Crippen LogP contribution is -2.43. The summed E-state index contributed by atoms with van der Waals surface area (Å²) in [4.78, 5) is 33.3. The van der Waals surface area contributed by atoms with Crippen LogP contribution in [0.1, 0.15) is 45.4 Å². The Kier molecular flexibility index (Phi) is 8.88. The van der Waals surface area contributed by atoms with E-state index in [0.29, 0.717) is 29.3 Å². The summed E-state index contributed by atoms with van der Waals surface area (Å²) in [6.45, 7) is 14.0. The average Bonchev–Trinajstić information content (AvgIpc) is 3.12. The molecule has 1 saturated heterocycles. The van der Waals surface area contributed by atoms with Crippen molar-refractivity contribution in [2.45, 2.75) is 58.9 Å². The second kappa shape index (κ2) is 11.3. The Bertz CT molecular complexity index is 1160. The second-order valence-electron chi connectivity index (χ2n) is 9.34. The lowest BCUT2D eigenvalue weighted by Gasteiger charge is -2.34. The van der Waals surface area contributed by atoms with Crippen molar-refractivity contribution in [2.75, 3.05) is 39.3 Å². The van der Waals surface area contributed by atoms with Crippen LogP contribution in [0, 0.1) is 18.8 Å². The maximum atomic E-state index is 13.6. The number of sulfonamides is 1. The summed E-state index contributed by atoms with van der Waals surface area (Å²) in [6.07, 6.45) is 3.13. The van der Waals surface area contributed by atoms with E-state index in [2.05, 4.69) is 29.0 Å². The van der Waals surface area contributed by atoms with Gasteiger partial charge in [-0.05, 0) is 51.2 Å². The highest BCUT2D eigenvalue weighted by Crippen LogP contribution is 2.35. The van der Waals surface area contributed by atoms with Gasteiger partial charge in [0.1, 0.15) is 16.3 Å². The first-order valence-corrected chi connectivity index (χ1v) is 14.3. The van der Waals surface area contributed by atoms with Crippen molar-refractivity contribution >= 4 is 37.5 Å². The summed E-state index contributed by atoms with van der Waals surface area (Å²) in [5, 5.41) is 2.93. The first-order valence-electron chi connectivity index (χ1n) is 12.1. The van der Waals surface area contributed by atoms with Gasteiger partial charge in [-0.15, -0.1) is 11.3 Å². The summed E-state index contributed by atoms with van der Waals surface area (Å²) in [7, 11) is -3.86. The van der Waals surface area contributed by atoms with Crippen molar-refractivity contribution in [1.29, 1.82) is 0 Å². The summed E-state index contributed by atoms with van der Waals surface area (Å²) >= 11 is 1.20. The molecule has 190 valence electrons. The quantitative estimate of drug-likeness (QED) is 0.491. The molecular formula is C23H37N5O4S2. The number of nitrogens with one attached hydrogen (secondary N) is 1. The SMILES string of the molecule is CCN(CC)CCCNC(=O)Cn1cnc2sc(C)c(S(=O)(=O)N3C[C@H](C)C[C@@H](C)C3)c2c1=O. The molecule has 11 heteroatoms. The Morgan fingerprint density at radius 3 is 2.50 bits per heavy atom. The van der Waals surface area contributed by atoms with E-state index >= 15 is 0 Å². The van der Waals surface area contributed by atoms with Gasteiger partial charge in [0.2, 0.25) is 15.9 Å². The lowest BCUT2D eigenvalue weighted by molar-refractivity contribution is -0.121. The molecular weight excluding hydrogens is 474 g/mol. The topological polar surface area (TPSA) is 105 Å². The van der Waals surface area contributed by atoms with Gasteiger partial charge >= 0.3 is 0 Å². The maximum absolute atomic E-state index is 13.6. The van der Waals surface area contributed by atoms with Crippen molar-refractivity contribution in [3.05, 3.63) is 21.6 Å². The number of amides is 1. The standard InChI is InChI=1S/C23H37N5O4S2/c1-6-26(7-2)10-8-9-24-19(29)14-27-15-25-22-20(23(27)30)21(18(5)33-22)34(31,32)28-12-16(3)11-17(4)13-28/h15-17H,6-14H2,1-5H3,(H,24,29)/t16-,17-/m1/s1. The van der Waals surface area contributed by atoms with Crippen molar-refractivity contribution in [3.63, 3.8) is 0 Å². The van der Waals surface area contributed by atoms with Crippen LogP contribution < -0.4 is 10.9 Å². The normalized spacial score (nSPS) is 19.7. The molecule has 0 aliphatic carbocycles. The van der Waals surface area contributed by atoms with Crippen LogP contribution in [0.2, 0.25) is 0 Å². The number of aromatic nitrogens is 2. The largest absolute Gasteiger partial charge is 0.354 e. The van der Waals surface area contributed by atoms with Gasteiger partial charge in [0.25, 0.3) is 5.56 Å². The van der Waals surface area contributed by atoms with Crippen molar-refractivity contribution < 1.29 is 13.2 Å². The number of hydrogen-bond donors (Lipinski definition) is 1. The molecule has 1 N–H and O–H groups in total. The number of rotatable bonds is 10. The second-order valence-corrected chi connectivity index (χ2v) is 12.4. The van der Waals surface area contributed by atoms with E-state index in [1.165, 1.54) is 26.5 Å². The number of carbonyl (C=O) groups is 1. The first-order chi connectivity index (χ1) is 16.1. The minimum Gasteiger partial charge on any atom is -0.354 e. The molecule has 0 unspecified atom stereocenters. The Balaban J connectivity index is 1.82. The summed E-state index contributed by atoms with van der Waals surface area (Å²) in [5.41, 5.74) is -0.496. The van der Waals surface area contributed by atoms with E-state index in [1.807, 2.05) is 13.8 Å². The number of piperidine rings is 1. The number of fused-ring (bicyclic) bond motifs is 1. The third kappa shape index (κ3) is 5.87. The minimum absolute atomic E-state index is 0.0419. The molecule has 9 nitrogen and oxygen atoms in total. The molecule has 2 aromatic heterocycles. The molecule has 3 rings (SSSR count). The van der Waals surface area contributed by atoms with Crippen LogP contribution in [-0.2, 0) is 21.4 Å². The van der Waals surface area contributed by atoms with Gasteiger partial charge in [-0.25, -0.2) is 13.4 Å². The smallest absolute Gasteiger partial charge is 0.263 e. The van der Waals surface area contributed by atoms with Crippen molar-refractivity contribution in [1.82, 2.24) is 24.1 Å². The van der Waals surface area contributed by atoms with Gasteiger partial charge in [-0.2, -0.15) is 4.31 Å². The number of nitrogens with zero attached hydrogens (tertiary/aromatic N) is 4. The third-order valence-electron chi connectivity index (χ3n) is 6.41. The Hall–Kier alpha value is -1.82. The van der Waals surface area contributed by atoms with Gasteiger partial charge in [-0.1, -0.05) is 27.7 Å². The molecule has 3 heterocycles. The van der Waals surface area contributed by atoms with Gasteiger partial charge < -0.3 is 10.2 Å². The zero-order chi connectivity index (χ0) is 25.0. The molecule has 1 fully saturated rings. The van der Waals surface area contributed by atoms with E-state index in [0.717, 1.165) is 32.5 Å². The van der Waals surface area contributed by atoms with Crippen molar-refractivity contribution in [2.24, 2.45) is 11.8 Å². The molecule has 1 aliphatic heterocycles. The molecule has 1 aliphatic rings. The molecule has 0 saturated carbocycles. The third-order valence-corrected chi connectivity index (χ3v) is 9.56. The van der Waals surface area contributed by atoms with E-state index in [-0.39, 0.29) is 34.6 Å². The van der Waals surface area contributed by atoms with Crippen LogP contribution in [0.25, 0.3) is 10.2 Å². The highest BCUT2D eigenvalue weighted by atomic mass is 32.2. The van der Waals surface area contributed by atoms with Crippen LogP contribution in [0.3, 0.4) is 0 Å². The van der Waals surface area contributed by atoms with E-state index < -0.39 is 15.6 Å². The molecule has 0 spiro atoms. The van der Waals surface area contributed by atoms with E-state index in [9.17, 15) is 18.0 Å².